The summed E-state index contributed by atoms with van der Waals surface area (Å²) in [6.07, 6.45) is -0.815. The number of benzene rings is 1. The molecule has 0 atom stereocenters. The molecule has 0 aliphatic rings. The van der Waals surface area contributed by atoms with E-state index >= 15 is 0 Å². The molecular formula is C15H16F3N3O. The molecule has 4 nitrogen and oxygen atoms in total. The Morgan fingerprint density at radius 1 is 1.32 bits per heavy atom. The van der Waals surface area contributed by atoms with Crippen molar-refractivity contribution >= 4 is 11.7 Å². The first-order chi connectivity index (χ1) is 10.4. The van der Waals surface area contributed by atoms with Crippen molar-refractivity contribution in [2.45, 2.75) is 32.4 Å². The first-order valence-electron chi connectivity index (χ1n) is 6.93. The van der Waals surface area contributed by atoms with Crippen LogP contribution in [-0.4, -0.2) is 15.7 Å². The van der Waals surface area contributed by atoms with Gasteiger partial charge in [0.2, 0.25) is 5.91 Å². The monoisotopic (exact) mass is 311 g/mol. The van der Waals surface area contributed by atoms with Gasteiger partial charge in [0.1, 0.15) is 0 Å². The second-order valence-electron chi connectivity index (χ2n) is 4.85. The van der Waals surface area contributed by atoms with E-state index in [1.807, 2.05) is 6.92 Å². The van der Waals surface area contributed by atoms with E-state index in [2.05, 4.69) is 10.4 Å². The van der Waals surface area contributed by atoms with Crippen molar-refractivity contribution in [3.8, 4) is 5.69 Å². The maximum Gasteiger partial charge on any atom is 0.416 e. The Hall–Kier alpha value is -2.31. The number of carbonyl (C=O) groups excluding carboxylic acids is 1. The fraction of sp³-hybridized carbons (Fsp3) is 0.333. The van der Waals surface area contributed by atoms with Crippen LogP contribution in [0.4, 0.5) is 19.0 Å². The second kappa shape index (κ2) is 6.64. The second-order valence-corrected chi connectivity index (χ2v) is 4.85. The van der Waals surface area contributed by atoms with Crippen LogP contribution in [0.5, 0.6) is 0 Å². The molecule has 0 fully saturated rings. The van der Waals surface area contributed by atoms with Crippen LogP contribution in [0, 0.1) is 0 Å². The van der Waals surface area contributed by atoms with Gasteiger partial charge in [0, 0.05) is 18.7 Å². The molecule has 1 aromatic carbocycles. The number of hydrogen-bond acceptors (Lipinski definition) is 2. The molecule has 0 saturated heterocycles. The van der Waals surface area contributed by atoms with Crippen LogP contribution in [0.25, 0.3) is 5.69 Å². The molecule has 0 radical (unpaired) electrons. The van der Waals surface area contributed by atoms with E-state index in [-0.39, 0.29) is 11.6 Å². The third-order valence-electron chi connectivity index (χ3n) is 3.05. The van der Waals surface area contributed by atoms with Crippen LogP contribution in [0.2, 0.25) is 0 Å². The molecule has 118 valence electrons. The minimum absolute atomic E-state index is 0.156. The van der Waals surface area contributed by atoms with E-state index in [1.54, 1.807) is 6.07 Å². The Balaban J connectivity index is 2.13. The van der Waals surface area contributed by atoms with Gasteiger partial charge in [0.25, 0.3) is 0 Å². The molecule has 7 heteroatoms. The number of nitrogens with zero attached hydrogens (tertiary/aromatic N) is 2. The van der Waals surface area contributed by atoms with Gasteiger partial charge in [-0.3, -0.25) is 4.79 Å². The smallest absolute Gasteiger partial charge is 0.309 e. The minimum Gasteiger partial charge on any atom is -0.309 e. The highest BCUT2D eigenvalue weighted by molar-refractivity contribution is 5.89. The molecule has 0 aliphatic carbocycles. The lowest BCUT2D eigenvalue weighted by Gasteiger charge is -2.08. The third kappa shape index (κ3) is 4.09. The van der Waals surface area contributed by atoms with Gasteiger partial charge in [-0.05, 0) is 24.6 Å². The molecule has 1 heterocycles. The van der Waals surface area contributed by atoms with E-state index < -0.39 is 11.7 Å². The van der Waals surface area contributed by atoms with Crippen LogP contribution < -0.4 is 5.32 Å². The van der Waals surface area contributed by atoms with E-state index in [1.165, 1.54) is 23.0 Å². The molecule has 0 aliphatic heterocycles. The van der Waals surface area contributed by atoms with Gasteiger partial charge >= 0.3 is 6.18 Å². The summed E-state index contributed by atoms with van der Waals surface area (Å²) in [5, 5.41) is 6.69. The van der Waals surface area contributed by atoms with E-state index in [0.29, 0.717) is 12.2 Å². The van der Waals surface area contributed by atoms with Gasteiger partial charge in [-0.1, -0.05) is 19.4 Å². The van der Waals surface area contributed by atoms with Gasteiger partial charge in [-0.15, -0.1) is 0 Å². The highest BCUT2D eigenvalue weighted by Gasteiger charge is 2.30. The predicted octanol–water partition coefficient (Wildman–Crippen LogP) is 4.02. The van der Waals surface area contributed by atoms with Gasteiger partial charge in [-0.2, -0.15) is 18.3 Å². The molecule has 0 bridgehead atoms. The topological polar surface area (TPSA) is 46.9 Å². The highest BCUT2D eigenvalue weighted by Crippen LogP contribution is 2.30. The maximum absolute atomic E-state index is 12.7. The fourth-order valence-corrected chi connectivity index (χ4v) is 1.90. The van der Waals surface area contributed by atoms with E-state index in [0.717, 1.165) is 25.0 Å². The standard InChI is InChI=1S/C15H16F3N3O/c1-2-3-7-14(22)19-13-8-9-21(20-13)12-6-4-5-11(10-12)15(16,17)18/h4-6,8-10H,2-3,7H2,1H3,(H,19,20,22). The minimum atomic E-state index is -4.40. The number of hydrogen-bond donors (Lipinski definition) is 1. The van der Waals surface area contributed by atoms with Crippen molar-refractivity contribution in [1.29, 1.82) is 0 Å². The lowest BCUT2D eigenvalue weighted by molar-refractivity contribution is -0.137. The van der Waals surface area contributed by atoms with Crippen LogP contribution in [0.15, 0.2) is 36.5 Å². The summed E-state index contributed by atoms with van der Waals surface area (Å²) in [6.45, 7) is 1.98. The molecule has 0 unspecified atom stereocenters. The summed E-state index contributed by atoms with van der Waals surface area (Å²) < 4.78 is 39.4. The van der Waals surface area contributed by atoms with Crippen molar-refractivity contribution in [2.24, 2.45) is 0 Å². The van der Waals surface area contributed by atoms with Gasteiger partial charge in [0.05, 0.1) is 11.3 Å². The number of halogens is 3. The predicted molar refractivity (Wildman–Crippen MR) is 76.7 cm³/mol. The molecule has 1 aromatic heterocycles. The zero-order valence-corrected chi connectivity index (χ0v) is 12.0. The van der Waals surface area contributed by atoms with Crippen LogP contribution in [0.3, 0.4) is 0 Å². The van der Waals surface area contributed by atoms with E-state index in [9.17, 15) is 18.0 Å². The zero-order valence-electron chi connectivity index (χ0n) is 12.0. The largest absolute Gasteiger partial charge is 0.416 e. The molecule has 1 amide bonds. The Morgan fingerprint density at radius 3 is 2.77 bits per heavy atom. The lowest BCUT2D eigenvalue weighted by Crippen LogP contribution is -2.12. The number of nitrogens with one attached hydrogen (secondary N) is 1. The van der Waals surface area contributed by atoms with Gasteiger partial charge in [0.15, 0.2) is 5.82 Å². The molecule has 1 N–H and O–H groups in total. The first-order valence-corrected chi connectivity index (χ1v) is 6.93. The number of anilines is 1. The summed E-state index contributed by atoms with van der Waals surface area (Å²) in [5.41, 5.74) is -0.460. The normalized spacial score (nSPS) is 11.5. The van der Waals surface area contributed by atoms with Crippen LogP contribution in [0.1, 0.15) is 31.7 Å². The van der Waals surface area contributed by atoms with Crippen molar-refractivity contribution in [1.82, 2.24) is 9.78 Å². The summed E-state index contributed by atoms with van der Waals surface area (Å²) in [7, 11) is 0. The van der Waals surface area contributed by atoms with Gasteiger partial charge < -0.3 is 5.32 Å². The first kappa shape index (κ1) is 16.1. The molecule has 2 rings (SSSR count). The van der Waals surface area contributed by atoms with Gasteiger partial charge in [-0.25, -0.2) is 4.68 Å². The summed E-state index contributed by atoms with van der Waals surface area (Å²) >= 11 is 0. The molecule has 2 aromatic rings. The SMILES string of the molecule is CCCCC(=O)Nc1ccn(-c2cccc(C(F)(F)F)c2)n1. The van der Waals surface area contributed by atoms with Crippen molar-refractivity contribution in [3.63, 3.8) is 0 Å². The number of rotatable bonds is 5. The highest BCUT2D eigenvalue weighted by atomic mass is 19.4. The number of aromatic nitrogens is 2. The number of amides is 1. The van der Waals surface area contributed by atoms with Crippen LogP contribution in [-0.2, 0) is 11.0 Å². The van der Waals surface area contributed by atoms with Crippen molar-refractivity contribution in [2.75, 3.05) is 5.32 Å². The summed E-state index contributed by atoms with van der Waals surface area (Å²) in [4.78, 5) is 11.6. The maximum atomic E-state index is 12.7. The summed E-state index contributed by atoms with van der Waals surface area (Å²) in [6, 6.07) is 6.39. The molecule has 0 saturated carbocycles. The third-order valence-corrected chi connectivity index (χ3v) is 3.05. The zero-order chi connectivity index (χ0) is 16.2. The Bertz CT molecular complexity index is 649. The average molecular weight is 311 g/mol. The molecular weight excluding hydrogens is 295 g/mol. The number of unbranched alkanes of at least 4 members (excludes halogenated alkanes) is 1. The Kier molecular flexibility index (Phi) is 4.85. The van der Waals surface area contributed by atoms with E-state index in [4.69, 9.17) is 0 Å². The lowest BCUT2D eigenvalue weighted by atomic mass is 10.2. The Morgan fingerprint density at radius 2 is 2.09 bits per heavy atom. The molecule has 0 spiro atoms. The summed E-state index contributed by atoms with van der Waals surface area (Å²) in [5.74, 6) is 0.162. The van der Waals surface area contributed by atoms with Crippen molar-refractivity contribution in [3.05, 3.63) is 42.1 Å². The molecule has 22 heavy (non-hydrogen) atoms. The fourth-order valence-electron chi connectivity index (χ4n) is 1.90. The number of alkyl halides is 3. The Labute approximate surface area is 125 Å². The average Bonchev–Trinajstić information content (AvgIpc) is 2.93. The van der Waals surface area contributed by atoms with Crippen molar-refractivity contribution < 1.29 is 18.0 Å². The number of carbonyl (C=O) groups is 1. The van der Waals surface area contributed by atoms with Crippen LogP contribution >= 0.6 is 0 Å². The quantitative estimate of drug-likeness (QED) is 0.906.